The first-order valence-corrected chi connectivity index (χ1v) is 10.4. The zero-order valence-corrected chi connectivity index (χ0v) is 17.3. The number of amides is 1. The van der Waals surface area contributed by atoms with Gasteiger partial charge in [0.25, 0.3) is 0 Å². The Kier molecular flexibility index (Phi) is 6.10. The predicted octanol–water partition coefficient (Wildman–Crippen LogP) is 3.80. The van der Waals surface area contributed by atoms with Gasteiger partial charge in [-0.2, -0.15) is 0 Å². The molecular formula is C25H27N3O2. The molecule has 1 heterocycles. The van der Waals surface area contributed by atoms with Gasteiger partial charge < -0.3 is 10.2 Å². The third kappa shape index (κ3) is 4.69. The number of carbonyl (C=O) groups is 2. The quantitative estimate of drug-likeness (QED) is 0.639. The zero-order chi connectivity index (χ0) is 20.9. The number of rotatable bonds is 6. The van der Waals surface area contributed by atoms with Gasteiger partial charge in [0.15, 0.2) is 5.78 Å². The van der Waals surface area contributed by atoms with Gasteiger partial charge in [-0.1, -0.05) is 42.5 Å². The molecule has 5 nitrogen and oxygen atoms in total. The minimum Gasteiger partial charge on any atom is -0.376 e. The second kappa shape index (κ2) is 9.09. The Morgan fingerprint density at radius 1 is 0.867 bits per heavy atom. The van der Waals surface area contributed by atoms with Crippen molar-refractivity contribution in [3.63, 3.8) is 0 Å². The third-order valence-electron chi connectivity index (χ3n) is 5.73. The Hall–Kier alpha value is -3.18. The second-order valence-electron chi connectivity index (χ2n) is 7.78. The maximum absolute atomic E-state index is 12.6. The first kappa shape index (κ1) is 20.1. The van der Waals surface area contributed by atoms with E-state index in [1.165, 1.54) is 16.3 Å². The highest BCUT2D eigenvalue weighted by Crippen LogP contribution is 2.20. The van der Waals surface area contributed by atoms with Gasteiger partial charge in [-0.3, -0.25) is 14.5 Å². The largest absolute Gasteiger partial charge is 0.376 e. The van der Waals surface area contributed by atoms with Crippen LogP contribution < -0.4 is 5.32 Å². The van der Waals surface area contributed by atoms with Gasteiger partial charge in [-0.05, 0) is 47.5 Å². The van der Waals surface area contributed by atoms with Crippen LogP contribution in [0.1, 0.15) is 22.8 Å². The molecule has 0 radical (unpaired) electrons. The highest BCUT2D eigenvalue weighted by molar-refractivity contribution is 5.94. The van der Waals surface area contributed by atoms with Crippen LogP contribution in [0.5, 0.6) is 0 Å². The average Bonchev–Trinajstić information content (AvgIpc) is 2.78. The van der Waals surface area contributed by atoms with E-state index in [1.54, 1.807) is 19.1 Å². The zero-order valence-electron chi connectivity index (χ0n) is 17.3. The van der Waals surface area contributed by atoms with Crippen LogP contribution >= 0.6 is 0 Å². The van der Waals surface area contributed by atoms with Crippen LogP contribution in [-0.4, -0.2) is 54.2 Å². The van der Waals surface area contributed by atoms with E-state index in [0.717, 1.165) is 38.4 Å². The number of Topliss-reactive ketones (excluding diaryl/α,β-unsaturated/α-hetero) is 1. The molecule has 4 rings (SSSR count). The summed E-state index contributed by atoms with van der Waals surface area (Å²) in [6, 6.07) is 22.2. The molecule has 0 saturated carbocycles. The Bertz CT molecular complexity index is 1030. The Morgan fingerprint density at radius 2 is 1.57 bits per heavy atom. The van der Waals surface area contributed by atoms with Gasteiger partial charge in [-0.25, -0.2) is 0 Å². The molecule has 1 N–H and O–H groups in total. The van der Waals surface area contributed by atoms with Crippen molar-refractivity contribution in [2.75, 3.05) is 38.0 Å². The second-order valence-corrected chi connectivity index (χ2v) is 7.78. The fourth-order valence-corrected chi connectivity index (χ4v) is 3.94. The number of nitrogens with one attached hydrogen (secondary N) is 1. The number of piperazine rings is 1. The number of ketones is 1. The lowest BCUT2D eigenvalue weighted by atomic mass is 10.0. The van der Waals surface area contributed by atoms with Gasteiger partial charge in [0.1, 0.15) is 0 Å². The minimum absolute atomic E-state index is 0.0407. The van der Waals surface area contributed by atoms with Gasteiger partial charge >= 0.3 is 0 Å². The Morgan fingerprint density at radius 3 is 2.30 bits per heavy atom. The SMILES string of the molecule is CC(=O)c1ccc(NCC(=O)N2CCN(Cc3cccc4ccccc34)CC2)cc1. The highest BCUT2D eigenvalue weighted by Gasteiger charge is 2.21. The van der Waals surface area contributed by atoms with E-state index in [1.807, 2.05) is 17.0 Å². The molecule has 30 heavy (non-hydrogen) atoms. The monoisotopic (exact) mass is 401 g/mol. The van der Waals surface area contributed by atoms with Gasteiger partial charge in [0, 0.05) is 44.0 Å². The van der Waals surface area contributed by atoms with Crippen molar-refractivity contribution in [3.05, 3.63) is 77.9 Å². The van der Waals surface area contributed by atoms with Crippen molar-refractivity contribution < 1.29 is 9.59 Å². The van der Waals surface area contributed by atoms with Crippen LogP contribution in [0.2, 0.25) is 0 Å². The first-order chi connectivity index (χ1) is 14.6. The average molecular weight is 402 g/mol. The molecule has 1 aliphatic heterocycles. The van der Waals surface area contributed by atoms with Crippen LogP contribution in [0.25, 0.3) is 10.8 Å². The van der Waals surface area contributed by atoms with Crippen LogP contribution in [0.3, 0.4) is 0 Å². The molecule has 1 saturated heterocycles. The maximum atomic E-state index is 12.6. The summed E-state index contributed by atoms with van der Waals surface area (Å²) in [5, 5.41) is 5.74. The molecule has 3 aromatic carbocycles. The molecule has 0 spiro atoms. The summed E-state index contributed by atoms with van der Waals surface area (Å²) in [5.41, 5.74) is 2.86. The summed E-state index contributed by atoms with van der Waals surface area (Å²) in [4.78, 5) is 28.3. The first-order valence-electron chi connectivity index (χ1n) is 10.4. The number of benzene rings is 3. The van der Waals surface area contributed by atoms with Gasteiger partial charge in [0.05, 0.1) is 6.54 Å². The Labute approximate surface area is 177 Å². The van der Waals surface area contributed by atoms with E-state index < -0.39 is 0 Å². The van der Waals surface area contributed by atoms with Gasteiger partial charge in [0.2, 0.25) is 5.91 Å². The van der Waals surface area contributed by atoms with Crippen LogP contribution in [0.15, 0.2) is 66.7 Å². The lowest BCUT2D eigenvalue weighted by Gasteiger charge is -2.35. The van der Waals surface area contributed by atoms with Crippen LogP contribution in [0.4, 0.5) is 5.69 Å². The molecule has 0 atom stereocenters. The molecule has 0 aliphatic carbocycles. The molecule has 154 valence electrons. The lowest BCUT2D eigenvalue weighted by Crippen LogP contribution is -2.49. The van der Waals surface area contributed by atoms with Crippen LogP contribution in [0, 0.1) is 0 Å². The normalized spacial score (nSPS) is 14.6. The summed E-state index contributed by atoms with van der Waals surface area (Å²) in [7, 11) is 0. The van der Waals surface area contributed by atoms with Crippen molar-refractivity contribution in [1.82, 2.24) is 9.80 Å². The lowest BCUT2D eigenvalue weighted by molar-refractivity contribution is -0.131. The minimum atomic E-state index is 0.0407. The molecule has 3 aromatic rings. The number of hydrogen-bond acceptors (Lipinski definition) is 4. The predicted molar refractivity (Wildman–Crippen MR) is 121 cm³/mol. The number of fused-ring (bicyclic) bond motifs is 1. The topological polar surface area (TPSA) is 52.7 Å². The fraction of sp³-hybridized carbons (Fsp3) is 0.280. The van der Waals surface area contributed by atoms with E-state index in [2.05, 4.69) is 52.7 Å². The molecule has 1 fully saturated rings. The number of nitrogens with zero attached hydrogens (tertiary/aromatic N) is 2. The van der Waals surface area contributed by atoms with Gasteiger partial charge in [-0.15, -0.1) is 0 Å². The molecule has 5 heteroatoms. The fourth-order valence-electron chi connectivity index (χ4n) is 3.94. The van der Waals surface area contributed by atoms with Crippen LogP contribution in [-0.2, 0) is 11.3 Å². The van der Waals surface area contributed by atoms with E-state index in [4.69, 9.17) is 0 Å². The molecule has 1 aliphatic rings. The van der Waals surface area contributed by atoms with E-state index >= 15 is 0 Å². The molecule has 1 amide bonds. The Balaban J connectivity index is 1.27. The van der Waals surface area contributed by atoms with Crippen molar-refractivity contribution in [2.45, 2.75) is 13.5 Å². The van der Waals surface area contributed by atoms with E-state index in [0.29, 0.717) is 5.56 Å². The highest BCUT2D eigenvalue weighted by atomic mass is 16.2. The summed E-state index contributed by atoms with van der Waals surface area (Å²) in [6.45, 7) is 5.96. The summed E-state index contributed by atoms with van der Waals surface area (Å²) in [5.74, 6) is 0.148. The van der Waals surface area contributed by atoms with Crippen molar-refractivity contribution in [3.8, 4) is 0 Å². The number of carbonyl (C=O) groups excluding carboxylic acids is 2. The van der Waals surface area contributed by atoms with Crippen molar-refractivity contribution in [1.29, 1.82) is 0 Å². The summed E-state index contributed by atoms with van der Waals surface area (Å²) in [6.07, 6.45) is 0. The molecule has 0 bridgehead atoms. The standard InChI is InChI=1S/C25H27N3O2/c1-19(29)20-9-11-23(12-10-20)26-17-25(30)28-15-13-27(14-16-28)18-22-7-4-6-21-5-2-3-8-24(21)22/h2-12,26H,13-18H2,1H3. The summed E-state index contributed by atoms with van der Waals surface area (Å²) >= 11 is 0. The molecule has 0 unspecified atom stereocenters. The number of anilines is 1. The van der Waals surface area contributed by atoms with E-state index in [-0.39, 0.29) is 18.2 Å². The molecular weight excluding hydrogens is 374 g/mol. The molecule has 0 aromatic heterocycles. The van der Waals surface area contributed by atoms with Crippen molar-refractivity contribution in [2.24, 2.45) is 0 Å². The number of hydrogen-bond donors (Lipinski definition) is 1. The third-order valence-corrected chi connectivity index (χ3v) is 5.73. The van der Waals surface area contributed by atoms with Crippen molar-refractivity contribution >= 4 is 28.2 Å². The maximum Gasteiger partial charge on any atom is 0.241 e. The van der Waals surface area contributed by atoms with E-state index in [9.17, 15) is 9.59 Å². The summed E-state index contributed by atoms with van der Waals surface area (Å²) < 4.78 is 0. The smallest absolute Gasteiger partial charge is 0.241 e.